The van der Waals surface area contributed by atoms with E-state index in [9.17, 15) is 4.79 Å². The Morgan fingerprint density at radius 1 is 1.06 bits per heavy atom. The molecule has 190 valence electrons. The largest absolute Gasteiger partial charge is 0.491 e. The van der Waals surface area contributed by atoms with Gasteiger partial charge in [0.05, 0.1) is 17.2 Å². The third-order valence-corrected chi connectivity index (χ3v) is 7.02. The van der Waals surface area contributed by atoms with Gasteiger partial charge in [-0.05, 0) is 48.9 Å². The van der Waals surface area contributed by atoms with E-state index in [0.717, 1.165) is 62.3 Å². The quantitative estimate of drug-likeness (QED) is 0.162. The van der Waals surface area contributed by atoms with Gasteiger partial charge >= 0.3 is 0 Å². The Kier molecular flexibility index (Phi) is 9.47. The lowest BCUT2D eigenvalue weighted by atomic mass is 10.2. The van der Waals surface area contributed by atoms with E-state index in [1.165, 1.54) is 12.7 Å². The summed E-state index contributed by atoms with van der Waals surface area (Å²) < 4.78 is 5.28. The van der Waals surface area contributed by atoms with Crippen molar-refractivity contribution in [2.24, 2.45) is 0 Å². The SMILES string of the molecule is CO/C(=C\C=C\c1cc2cc(Cl)c(Cl)cc2[nH]1)C(=O)NCCCN1CCN(Cc2ccccc2)CC1. The van der Waals surface area contributed by atoms with Crippen LogP contribution in [0.5, 0.6) is 0 Å². The maximum absolute atomic E-state index is 12.5. The molecule has 0 aliphatic carbocycles. The molecule has 2 N–H and O–H groups in total. The van der Waals surface area contributed by atoms with Crippen LogP contribution < -0.4 is 5.32 Å². The second-order valence-corrected chi connectivity index (χ2v) is 9.70. The number of fused-ring (bicyclic) bond motifs is 1. The van der Waals surface area contributed by atoms with E-state index < -0.39 is 0 Å². The maximum atomic E-state index is 12.5. The average molecular weight is 527 g/mol. The molecule has 1 aliphatic heterocycles. The van der Waals surface area contributed by atoms with Crippen molar-refractivity contribution in [1.82, 2.24) is 20.1 Å². The topological polar surface area (TPSA) is 60.6 Å². The minimum absolute atomic E-state index is 0.218. The van der Waals surface area contributed by atoms with Crippen LogP contribution in [0.15, 0.2) is 66.4 Å². The Bertz CT molecular complexity index is 1180. The van der Waals surface area contributed by atoms with E-state index >= 15 is 0 Å². The number of carbonyl (C=O) groups is 1. The van der Waals surface area contributed by atoms with Crippen LogP contribution in [0, 0.1) is 0 Å². The number of benzene rings is 2. The van der Waals surface area contributed by atoms with Gasteiger partial charge in [-0.1, -0.05) is 59.6 Å². The van der Waals surface area contributed by atoms with Crippen LogP contribution in [-0.4, -0.2) is 67.1 Å². The van der Waals surface area contributed by atoms with E-state index in [2.05, 4.69) is 50.4 Å². The van der Waals surface area contributed by atoms with Crippen LogP contribution >= 0.6 is 23.2 Å². The molecule has 0 atom stereocenters. The summed E-state index contributed by atoms with van der Waals surface area (Å²) in [6.07, 6.45) is 6.21. The van der Waals surface area contributed by atoms with Crippen molar-refractivity contribution < 1.29 is 9.53 Å². The molecule has 1 aromatic heterocycles. The molecule has 2 heterocycles. The molecular formula is C28H32Cl2N4O2. The van der Waals surface area contributed by atoms with Gasteiger partial charge in [-0.25, -0.2) is 0 Å². The number of aromatic nitrogens is 1. The van der Waals surface area contributed by atoms with Gasteiger partial charge in [-0.3, -0.25) is 9.69 Å². The standard InChI is InChI=1S/C28H32Cl2N4O2/c1-36-27(10-5-9-23-17-22-18-24(29)25(30)19-26(22)32-23)28(35)31-11-6-12-33-13-15-34(16-14-33)20-21-7-3-2-4-8-21/h2-5,7-10,17-19,32H,6,11-16,20H2,1H3,(H,31,35)/b9-5+,27-10-. The van der Waals surface area contributed by atoms with Crippen molar-refractivity contribution in [3.05, 3.63) is 87.7 Å². The number of carbonyl (C=O) groups excluding carboxylic acids is 1. The van der Waals surface area contributed by atoms with E-state index in [4.69, 9.17) is 27.9 Å². The second-order valence-electron chi connectivity index (χ2n) is 8.89. The molecule has 1 fully saturated rings. The van der Waals surface area contributed by atoms with Gasteiger partial charge < -0.3 is 19.9 Å². The predicted molar refractivity (Wildman–Crippen MR) is 148 cm³/mol. The number of methoxy groups -OCH3 is 1. The summed E-state index contributed by atoms with van der Waals surface area (Å²) >= 11 is 12.2. The monoisotopic (exact) mass is 526 g/mol. The van der Waals surface area contributed by atoms with E-state index in [-0.39, 0.29) is 11.7 Å². The van der Waals surface area contributed by atoms with Crippen LogP contribution in [-0.2, 0) is 16.1 Å². The number of nitrogens with zero attached hydrogens (tertiary/aromatic N) is 2. The van der Waals surface area contributed by atoms with Gasteiger partial charge in [0.1, 0.15) is 0 Å². The molecule has 0 bridgehead atoms. The average Bonchev–Trinajstić information content (AvgIpc) is 3.27. The van der Waals surface area contributed by atoms with Crippen LogP contribution in [0.1, 0.15) is 17.7 Å². The normalized spacial score (nSPS) is 15.6. The highest BCUT2D eigenvalue weighted by atomic mass is 35.5. The minimum Gasteiger partial charge on any atom is -0.491 e. The van der Waals surface area contributed by atoms with Gasteiger partial charge in [0.25, 0.3) is 5.91 Å². The molecule has 6 nitrogen and oxygen atoms in total. The van der Waals surface area contributed by atoms with Gasteiger partial charge in [0, 0.05) is 55.9 Å². The first-order valence-corrected chi connectivity index (χ1v) is 12.9. The number of amides is 1. The zero-order chi connectivity index (χ0) is 25.3. The van der Waals surface area contributed by atoms with Crippen LogP contribution in [0.3, 0.4) is 0 Å². The summed E-state index contributed by atoms with van der Waals surface area (Å²) in [6.45, 7) is 6.84. The first kappa shape index (κ1) is 26.3. The number of ether oxygens (including phenoxy) is 1. The summed E-state index contributed by atoms with van der Waals surface area (Å²) in [7, 11) is 1.50. The number of nitrogens with one attached hydrogen (secondary N) is 2. The molecule has 1 aliphatic rings. The van der Waals surface area contributed by atoms with Crippen molar-refractivity contribution in [3.8, 4) is 0 Å². The van der Waals surface area contributed by atoms with Gasteiger partial charge in [0.15, 0.2) is 5.76 Å². The Balaban J connectivity index is 1.17. The van der Waals surface area contributed by atoms with Gasteiger partial charge in [0.2, 0.25) is 0 Å². The third kappa shape index (κ3) is 7.37. The molecule has 2 aromatic carbocycles. The summed E-state index contributed by atoms with van der Waals surface area (Å²) in [5.41, 5.74) is 3.14. The van der Waals surface area contributed by atoms with Gasteiger partial charge in [-0.2, -0.15) is 0 Å². The van der Waals surface area contributed by atoms with Crippen molar-refractivity contribution in [3.63, 3.8) is 0 Å². The summed E-state index contributed by atoms with van der Waals surface area (Å²) in [4.78, 5) is 20.7. The third-order valence-electron chi connectivity index (χ3n) is 6.30. The van der Waals surface area contributed by atoms with Crippen LogP contribution in [0.4, 0.5) is 0 Å². The molecule has 0 saturated carbocycles. The Hall–Kier alpha value is -2.77. The lowest BCUT2D eigenvalue weighted by molar-refractivity contribution is -0.120. The molecule has 8 heteroatoms. The molecule has 3 aromatic rings. The fraction of sp³-hybridized carbons (Fsp3) is 0.321. The van der Waals surface area contributed by atoms with Gasteiger partial charge in [-0.15, -0.1) is 0 Å². The molecule has 0 radical (unpaired) electrons. The molecule has 1 amide bonds. The molecule has 4 rings (SSSR count). The highest BCUT2D eigenvalue weighted by molar-refractivity contribution is 6.42. The molecule has 36 heavy (non-hydrogen) atoms. The van der Waals surface area contributed by atoms with Crippen LogP contribution in [0.2, 0.25) is 10.0 Å². The molecule has 0 spiro atoms. The highest BCUT2D eigenvalue weighted by Crippen LogP contribution is 2.28. The number of piperazine rings is 1. The number of rotatable bonds is 10. The summed E-state index contributed by atoms with van der Waals surface area (Å²) in [5, 5.41) is 4.95. The minimum atomic E-state index is -0.218. The lowest BCUT2D eigenvalue weighted by Gasteiger charge is -2.34. The lowest BCUT2D eigenvalue weighted by Crippen LogP contribution is -2.46. The first-order chi connectivity index (χ1) is 17.5. The molecule has 0 unspecified atom stereocenters. The second kappa shape index (κ2) is 13.0. The maximum Gasteiger partial charge on any atom is 0.286 e. The van der Waals surface area contributed by atoms with Crippen molar-refractivity contribution in [2.45, 2.75) is 13.0 Å². The first-order valence-electron chi connectivity index (χ1n) is 12.2. The fourth-order valence-electron chi connectivity index (χ4n) is 4.32. The number of hydrogen-bond donors (Lipinski definition) is 2. The number of H-pyrrole nitrogens is 1. The van der Waals surface area contributed by atoms with E-state index in [1.54, 1.807) is 18.2 Å². The van der Waals surface area contributed by atoms with Crippen molar-refractivity contribution >= 4 is 46.1 Å². The Morgan fingerprint density at radius 2 is 1.78 bits per heavy atom. The molecular weight excluding hydrogens is 495 g/mol. The van der Waals surface area contributed by atoms with E-state index in [1.807, 2.05) is 18.2 Å². The zero-order valence-corrected chi connectivity index (χ0v) is 22.0. The van der Waals surface area contributed by atoms with Crippen molar-refractivity contribution in [2.75, 3.05) is 46.4 Å². The zero-order valence-electron chi connectivity index (χ0n) is 20.5. The number of halogens is 2. The molecule has 1 saturated heterocycles. The highest BCUT2D eigenvalue weighted by Gasteiger charge is 2.16. The summed E-state index contributed by atoms with van der Waals surface area (Å²) in [6, 6.07) is 16.2. The number of hydrogen-bond acceptors (Lipinski definition) is 4. The smallest absolute Gasteiger partial charge is 0.286 e. The van der Waals surface area contributed by atoms with Crippen LogP contribution in [0.25, 0.3) is 17.0 Å². The fourth-order valence-corrected chi connectivity index (χ4v) is 4.65. The number of allylic oxidation sites excluding steroid dienone is 2. The number of aromatic amines is 1. The predicted octanol–water partition coefficient (Wildman–Crippen LogP) is 5.34. The van der Waals surface area contributed by atoms with E-state index in [0.29, 0.717) is 16.6 Å². The van der Waals surface area contributed by atoms with Crippen molar-refractivity contribution in [1.29, 1.82) is 0 Å². The Labute approximate surface area is 222 Å². The Morgan fingerprint density at radius 3 is 2.53 bits per heavy atom. The summed E-state index contributed by atoms with van der Waals surface area (Å²) in [5.74, 6) is 0.0491.